The number of rotatable bonds is 6. The second kappa shape index (κ2) is 6.75. The average Bonchev–Trinajstić information content (AvgIpc) is 2.63. The Morgan fingerprint density at radius 2 is 2.32 bits per heavy atom. The van der Waals surface area contributed by atoms with Crippen molar-refractivity contribution < 1.29 is 9.53 Å². The standard InChI is InChI=1S/C12H19N5O2/c1-9-10(7-13)12(17(3)15-9)16(2)8-11(18)14-5-6-19-4/h5-6,8H2,1-4H3,(H,14,18). The van der Waals surface area contributed by atoms with Crippen molar-refractivity contribution in [2.24, 2.45) is 7.05 Å². The highest BCUT2D eigenvalue weighted by Crippen LogP contribution is 2.20. The monoisotopic (exact) mass is 265 g/mol. The van der Waals surface area contributed by atoms with Gasteiger partial charge in [-0.2, -0.15) is 10.4 Å². The number of hydrogen-bond acceptors (Lipinski definition) is 5. The van der Waals surface area contributed by atoms with Crippen LogP contribution in [-0.2, 0) is 16.6 Å². The maximum Gasteiger partial charge on any atom is 0.239 e. The third-order valence-corrected chi connectivity index (χ3v) is 2.67. The highest BCUT2D eigenvalue weighted by Gasteiger charge is 2.18. The molecule has 0 saturated carbocycles. The van der Waals surface area contributed by atoms with Gasteiger partial charge in [-0.15, -0.1) is 0 Å². The summed E-state index contributed by atoms with van der Waals surface area (Å²) < 4.78 is 6.46. The summed E-state index contributed by atoms with van der Waals surface area (Å²) in [5, 5.41) is 16.0. The maximum absolute atomic E-state index is 11.7. The van der Waals surface area contributed by atoms with E-state index in [1.807, 2.05) is 0 Å². The van der Waals surface area contributed by atoms with Crippen LogP contribution in [0.4, 0.5) is 5.82 Å². The fourth-order valence-electron chi connectivity index (χ4n) is 1.85. The van der Waals surface area contributed by atoms with Crippen molar-refractivity contribution in [1.82, 2.24) is 15.1 Å². The topological polar surface area (TPSA) is 83.2 Å². The fourth-order valence-corrected chi connectivity index (χ4v) is 1.85. The Labute approximate surface area is 112 Å². The number of nitriles is 1. The fraction of sp³-hybridized carbons (Fsp3) is 0.583. The molecule has 7 heteroatoms. The van der Waals surface area contributed by atoms with Crippen molar-refractivity contribution in [3.63, 3.8) is 0 Å². The van der Waals surface area contributed by atoms with Gasteiger partial charge in [0.2, 0.25) is 5.91 Å². The van der Waals surface area contributed by atoms with E-state index in [1.165, 1.54) is 0 Å². The molecule has 0 radical (unpaired) electrons. The summed E-state index contributed by atoms with van der Waals surface area (Å²) in [4.78, 5) is 13.4. The van der Waals surface area contributed by atoms with Crippen LogP contribution in [0.2, 0.25) is 0 Å². The molecule has 1 heterocycles. The van der Waals surface area contributed by atoms with E-state index < -0.39 is 0 Å². The van der Waals surface area contributed by atoms with Gasteiger partial charge < -0.3 is 15.0 Å². The molecule has 7 nitrogen and oxygen atoms in total. The summed E-state index contributed by atoms with van der Waals surface area (Å²) >= 11 is 0. The van der Waals surface area contributed by atoms with Crippen LogP contribution in [0.1, 0.15) is 11.3 Å². The summed E-state index contributed by atoms with van der Waals surface area (Å²) in [5.74, 6) is 0.518. The van der Waals surface area contributed by atoms with Gasteiger partial charge >= 0.3 is 0 Å². The third-order valence-electron chi connectivity index (χ3n) is 2.67. The van der Waals surface area contributed by atoms with E-state index in [2.05, 4.69) is 16.5 Å². The Kier molecular flexibility index (Phi) is 5.33. The van der Waals surface area contributed by atoms with Crippen LogP contribution < -0.4 is 10.2 Å². The molecule has 1 aromatic heterocycles. The minimum Gasteiger partial charge on any atom is -0.383 e. The summed E-state index contributed by atoms with van der Waals surface area (Å²) in [6.45, 7) is 2.88. The summed E-state index contributed by atoms with van der Waals surface area (Å²) in [6, 6.07) is 2.11. The van der Waals surface area contributed by atoms with Crippen molar-refractivity contribution in [1.29, 1.82) is 5.26 Å². The largest absolute Gasteiger partial charge is 0.383 e. The lowest BCUT2D eigenvalue weighted by Gasteiger charge is -2.19. The minimum atomic E-state index is -0.123. The highest BCUT2D eigenvalue weighted by atomic mass is 16.5. The zero-order valence-electron chi connectivity index (χ0n) is 11.7. The number of anilines is 1. The first-order chi connectivity index (χ1) is 9.01. The summed E-state index contributed by atoms with van der Waals surface area (Å²) in [5.41, 5.74) is 1.15. The first-order valence-corrected chi connectivity index (χ1v) is 5.91. The van der Waals surface area contributed by atoms with Gasteiger partial charge in [-0.05, 0) is 6.92 Å². The molecule has 0 saturated heterocycles. The number of methoxy groups -OCH3 is 1. The lowest BCUT2D eigenvalue weighted by molar-refractivity contribution is -0.119. The number of aromatic nitrogens is 2. The van der Waals surface area contributed by atoms with Crippen LogP contribution >= 0.6 is 0 Å². The molecular weight excluding hydrogens is 246 g/mol. The first kappa shape index (κ1) is 15.0. The molecule has 1 N–H and O–H groups in total. The number of ether oxygens (including phenoxy) is 1. The van der Waals surface area contributed by atoms with Crippen molar-refractivity contribution >= 4 is 11.7 Å². The van der Waals surface area contributed by atoms with E-state index in [-0.39, 0.29) is 12.5 Å². The SMILES string of the molecule is COCCNC(=O)CN(C)c1c(C#N)c(C)nn1C. The Morgan fingerprint density at radius 3 is 2.89 bits per heavy atom. The Bertz CT molecular complexity index is 489. The zero-order valence-corrected chi connectivity index (χ0v) is 11.7. The van der Waals surface area contributed by atoms with E-state index in [0.717, 1.165) is 0 Å². The first-order valence-electron chi connectivity index (χ1n) is 5.91. The molecule has 0 bridgehead atoms. The third kappa shape index (κ3) is 3.69. The van der Waals surface area contributed by atoms with E-state index in [0.29, 0.717) is 30.2 Å². The van der Waals surface area contributed by atoms with Gasteiger partial charge in [0.05, 0.1) is 18.8 Å². The number of nitrogens with zero attached hydrogens (tertiary/aromatic N) is 4. The van der Waals surface area contributed by atoms with Crippen LogP contribution in [0.15, 0.2) is 0 Å². The predicted molar refractivity (Wildman–Crippen MR) is 70.8 cm³/mol. The minimum absolute atomic E-state index is 0.123. The maximum atomic E-state index is 11.7. The van der Waals surface area contributed by atoms with E-state index in [1.54, 1.807) is 37.7 Å². The molecule has 0 aliphatic carbocycles. The lowest BCUT2D eigenvalue weighted by atomic mass is 10.2. The number of carbonyl (C=O) groups excluding carboxylic acids is 1. The van der Waals surface area contributed by atoms with Crippen LogP contribution in [0.5, 0.6) is 0 Å². The summed E-state index contributed by atoms with van der Waals surface area (Å²) in [7, 11) is 5.09. The number of hydrogen-bond donors (Lipinski definition) is 1. The lowest BCUT2D eigenvalue weighted by Crippen LogP contribution is -2.37. The molecule has 19 heavy (non-hydrogen) atoms. The van der Waals surface area contributed by atoms with E-state index in [4.69, 9.17) is 10.00 Å². The van der Waals surface area contributed by atoms with Gasteiger partial charge in [0.1, 0.15) is 17.5 Å². The molecule has 0 spiro atoms. The normalized spacial score (nSPS) is 10.1. The number of nitrogens with one attached hydrogen (secondary N) is 1. The Morgan fingerprint density at radius 1 is 1.63 bits per heavy atom. The zero-order chi connectivity index (χ0) is 14.4. The van der Waals surface area contributed by atoms with E-state index >= 15 is 0 Å². The molecule has 0 aliphatic heterocycles. The number of carbonyl (C=O) groups is 1. The molecule has 0 atom stereocenters. The second-order valence-electron chi connectivity index (χ2n) is 4.22. The van der Waals surface area contributed by atoms with Crippen LogP contribution in [0, 0.1) is 18.3 Å². The van der Waals surface area contributed by atoms with Crippen LogP contribution in [0.3, 0.4) is 0 Å². The van der Waals surface area contributed by atoms with Gasteiger partial charge in [-0.3, -0.25) is 9.48 Å². The second-order valence-corrected chi connectivity index (χ2v) is 4.22. The van der Waals surface area contributed by atoms with Gasteiger partial charge in [-0.1, -0.05) is 0 Å². The predicted octanol–water partition coefficient (Wildman–Crippen LogP) is -0.201. The number of likely N-dealkylation sites (N-methyl/N-ethyl adjacent to an activating group) is 1. The van der Waals surface area contributed by atoms with Gasteiger partial charge in [-0.25, -0.2) is 0 Å². The molecule has 0 fully saturated rings. The smallest absolute Gasteiger partial charge is 0.239 e. The number of aryl methyl sites for hydroxylation is 2. The van der Waals surface area contributed by atoms with Crippen molar-refractivity contribution in [2.45, 2.75) is 6.92 Å². The quantitative estimate of drug-likeness (QED) is 0.720. The number of amides is 1. The Balaban J connectivity index is 2.71. The average molecular weight is 265 g/mol. The van der Waals surface area contributed by atoms with Crippen molar-refractivity contribution in [2.75, 3.05) is 38.8 Å². The molecule has 0 aliphatic rings. The van der Waals surface area contributed by atoms with E-state index in [9.17, 15) is 4.79 Å². The van der Waals surface area contributed by atoms with Crippen LogP contribution in [-0.4, -0.2) is 49.5 Å². The van der Waals surface area contributed by atoms with Gasteiger partial charge in [0, 0.05) is 27.7 Å². The summed E-state index contributed by atoms with van der Waals surface area (Å²) in [6.07, 6.45) is 0. The Hall–Kier alpha value is -2.07. The molecule has 0 unspecified atom stereocenters. The van der Waals surface area contributed by atoms with Crippen molar-refractivity contribution in [3.05, 3.63) is 11.3 Å². The molecule has 0 aromatic carbocycles. The van der Waals surface area contributed by atoms with Gasteiger partial charge in [0.15, 0.2) is 0 Å². The molecule has 1 aromatic rings. The molecule has 1 rings (SSSR count). The molecule has 104 valence electrons. The van der Waals surface area contributed by atoms with Crippen molar-refractivity contribution in [3.8, 4) is 6.07 Å². The highest BCUT2D eigenvalue weighted by molar-refractivity contribution is 5.81. The molecule has 1 amide bonds. The van der Waals surface area contributed by atoms with Gasteiger partial charge in [0.25, 0.3) is 0 Å². The molecular formula is C12H19N5O2. The van der Waals surface area contributed by atoms with Crippen LogP contribution in [0.25, 0.3) is 0 Å².